The molecule has 0 aromatic carbocycles. The summed E-state index contributed by atoms with van der Waals surface area (Å²) in [7, 11) is -1.87. The number of aromatic nitrogens is 2. The van der Waals surface area contributed by atoms with Gasteiger partial charge in [-0.1, -0.05) is 6.07 Å². The molecule has 2 heterocycles. The van der Waals surface area contributed by atoms with Gasteiger partial charge < -0.3 is 5.32 Å². The van der Waals surface area contributed by atoms with Gasteiger partial charge >= 0.3 is 0 Å². The second kappa shape index (κ2) is 5.98. The van der Waals surface area contributed by atoms with Crippen LogP contribution in [0.3, 0.4) is 0 Å². The van der Waals surface area contributed by atoms with E-state index in [1.165, 1.54) is 18.3 Å². The molecular weight excluding hydrogens is 276 g/mol. The van der Waals surface area contributed by atoms with Crippen molar-refractivity contribution in [1.82, 2.24) is 14.7 Å². The Kier molecular flexibility index (Phi) is 4.31. The van der Waals surface area contributed by atoms with Crippen molar-refractivity contribution in [3.8, 4) is 0 Å². The second-order valence-electron chi connectivity index (χ2n) is 4.26. The fourth-order valence-corrected chi connectivity index (χ4v) is 2.61. The van der Waals surface area contributed by atoms with Gasteiger partial charge in [-0.3, -0.25) is 4.98 Å². The lowest BCUT2D eigenvalue weighted by Gasteiger charge is -2.08. The smallest absolute Gasteiger partial charge is 0.241 e. The first-order chi connectivity index (χ1) is 9.51. The number of aryl methyl sites for hydroxylation is 1. The van der Waals surface area contributed by atoms with Crippen LogP contribution < -0.4 is 10.0 Å². The normalized spacial score (nSPS) is 11.3. The maximum atomic E-state index is 12.2. The number of sulfonamides is 1. The van der Waals surface area contributed by atoms with E-state index in [4.69, 9.17) is 0 Å². The Hall–Kier alpha value is -1.99. The van der Waals surface area contributed by atoms with Gasteiger partial charge in [0.1, 0.15) is 5.82 Å². The molecule has 7 heteroatoms. The van der Waals surface area contributed by atoms with Crippen LogP contribution in [0.25, 0.3) is 0 Å². The maximum absolute atomic E-state index is 12.2. The molecule has 0 saturated heterocycles. The first-order valence-electron chi connectivity index (χ1n) is 6.06. The van der Waals surface area contributed by atoms with Gasteiger partial charge in [-0.05, 0) is 24.6 Å². The summed E-state index contributed by atoms with van der Waals surface area (Å²) in [5.41, 5.74) is 1.70. The highest BCUT2D eigenvalue weighted by Gasteiger charge is 2.14. The zero-order valence-corrected chi connectivity index (χ0v) is 12.1. The van der Waals surface area contributed by atoms with Gasteiger partial charge in [-0.15, -0.1) is 0 Å². The second-order valence-corrected chi connectivity index (χ2v) is 6.03. The van der Waals surface area contributed by atoms with E-state index in [9.17, 15) is 8.42 Å². The molecule has 6 nitrogen and oxygen atoms in total. The number of pyridine rings is 2. The molecule has 20 heavy (non-hydrogen) atoms. The SMILES string of the molecule is CNc1cc(S(=O)(=O)NCc2ccc(C)nc2)ccn1. The predicted molar refractivity (Wildman–Crippen MR) is 76.8 cm³/mol. The van der Waals surface area contributed by atoms with Crippen molar-refractivity contribution >= 4 is 15.8 Å². The highest BCUT2D eigenvalue weighted by Crippen LogP contribution is 2.12. The molecular formula is C13H16N4O2S. The van der Waals surface area contributed by atoms with Crippen LogP contribution in [0.15, 0.2) is 41.6 Å². The van der Waals surface area contributed by atoms with Crippen molar-refractivity contribution < 1.29 is 8.42 Å². The van der Waals surface area contributed by atoms with E-state index >= 15 is 0 Å². The van der Waals surface area contributed by atoms with Crippen molar-refractivity contribution in [3.05, 3.63) is 47.9 Å². The number of anilines is 1. The molecule has 0 amide bonds. The van der Waals surface area contributed by atoms with Crippen molar-refractivity contribution in [2.45, 2.75) is 18.4 Å². The van der Waals surface area contributed by atoms with E-state index in [1.807, 2.05) is 19.1 Å². The van der Waals surface area contributed by atoms with Gasteiger partial charge in [0.25, 0.3) is 0 Å². The molecule has 106 valence electrons. The highest BCUT2D eigenvalue weighted by atomic mass is 32.2. The van der Waals surface area contributed by atoms with Crippen LogP contribution in [0, 0.1) is 6.92 Å². The average Bonchev–Trinajstić information content (AvgIpc) is 2.47. The summed E-state index contributed by atoms with van der Waals surface area (Å²) in [4.78, 5) is 8.29. The quantitative estimate of drug-likeness (QED) is 0.868. The Morgan fingerprint density at radius 2 is 2.00 bits per heavy atom. The molecule has 0 spiro atoms. The van der Waals surface area contributed by atoms with Gasteiger partial charge in [0.2, 0.25) is 10.0 Å². The van der Waals surface area contributed by atoms with Crippen LogP contribution in [0.4, 0.5) is 5.82 Å². The van der Waals surface area contributed by atoms with E-state index in [0.29, 0.717) is 5.82 Å². The van der Waals surface area contributed by atoms with Crippen LogP contribution >= 0.6 is 0 Å². The van der Waals surface area contributed by atoms with Gasteiger partial charge in [0.15, 0.2) is 0 Å². The minimum absolute atomic E-state index is 0.178. The number of rotatable bonds is 5. The number of nitrogens with one attached hydrogen (secondary N) is 2. The van der Waals surface area contributed by atoms with Gasteiger partial charge in [0.05, 0.1) is 4.90 Å². The summed E-state index contributed by atoms with van der Waals surface area (Å²) in [5, 5.41) is 2.81. The molecule has 0 atom stereocenters. The third-order valence-electron chi connectivity index (χ3n) is 2.74. The lowest BCUT2D eigenvalue weighted by Crippen LogP contribution is -2.23. The molecule has 2 aromatic heterocycles. The summed E-state index contributed by atoms with van der Waals surface area (Å²) in [6.07, 6.45) is 3.11. The third-order valence-corrected chi connectivity index (χ3v) is 4.14. The topological polar surface area (TPSA) is 84.0 Å². The van der Waals surface area contributed by atoms with E-state index in [-0.39, 0.29) is 11.4 Å². The lowest BCUT2D eigenvalue weighted by atomic mass is 10.2. The third kappa shape index (κ3) is 3.52. The summed E-state index contributed by atoms with van der Waals surface area (Å²) in [6, 6.07) is 6.62. The average molecular weight is 292 g/mol. The van der Waals surface area contributed by atoms with Crippen molar-refractivity contribution in [2.24, 2.45) is 0 Å². The number of nitrogens with zero attached hydrogens (tertiary/aromatic N) is 2. The minimum Gasteiger partial charge on any atom is -0.373 e. The highest BCUT2D eigenvalue weighted by molar-refractivity contribution is 7.89. The van der Waals surface area contributed by atoms with Crippen LogP contribution in [-0.4, -0.2) is 25.4 Å². The molecule has 2 N–H and O–H groups in total. The van der Waals surface area contributed by atoms with Crippen molar-refractivity contribution in [1.29, 1.82) is 0 Å². The number of hydrogen-bond donors (Lipinski definition) is 2. The van der Waals surface area contributed by atoms with Crippen LogP contribution in [0.1, 0.15) is 11.3 Å². The summed E-state index contributed by atoms with van der Waals surface area (Å²) >= 11 is 0. The first-order valence-corrected chi connectivity index (χ1v) is 7.54. The Balaban J connectivity index is 2.12. The molecule has 0 aliphatic carbocycles. The zero-order chi connectivity index (χ0) is 14.6. The predicted octanol–water partition coefficient (Wildman–Crippen LogP) is 1.31. The molecule has 0 saturated carbocycles. The standard InChI is InChI=1S/C13H16N4O2S/c1-10-3-4-11(8-16-10)9-17-20(18,19)12-5-6-15-13(7-12)14-2/h3-8,17H,9H2,1-2H3,(H,14,15). The van der Waals surface area contributed by atoms with Gasteiger partial charge in [-0.2, -0.15) is 0 Å². The Morgan fingerprint density at radius 3 is 2.65 bits per heavy atom. The van der Waals surface area contributed by atoms with E-state index in [1.54, 1.807) is 13.2 Å². The van der Waals surface area contributed by atoms with Crippen LogP contribution in [-0.2, 0) is 16.6 Å². The maximum Gasteiger partial charge on any atom is 0.241 e. The minimum atomic E-state index is -3.56. The van der Waals surface area contributed by atoms with Gasteiger partial charge in [0, 0.05) is 37.7 Å². The molecule has 2 aromatic rings. The molecule has 2 rings (SSSR count). The van der Waals surface area contributed by atoms with Crippen molar-refractivity contribution in [2.75, 3.05) is 12.4 Å². The van der Waals surface area contributed by atoms with E-state index in [2.05, 4.69) is 20.0 Å². The molecule has 0 aliphatic rings. The van der Waals surface area contributed by atoms with E-state index < -0.39 is 10.0 Å². The first kappa shape index (κ1) is 14.4. The summed E-state index contributed by atoms with van der Waals surface area (Å²) in [6.45, 7) is 2.08. The number of hydrogen-bond acceptors (Lipinski definition) is 5. The van der Waals surface area contributed by atoms with Crippen molar-refractivity contribution in [3.63, 3.8) is 0 Å². The Morgan fingerprint density at radius 1 is 1.20 bits per heavy atom. The van der Waals surface area contributed by atoms with Crippen LogP contribution in [0.2, 0.25) is 0 Å². The zero-order valence-electron chi connectivity index (χ0n) is 11.3. The Labute approximate surface area is 118 Å². The Bertz CT molecular complexity index is 684. The summed E-state index contributed by atoms with van der Waals surface area (Å²) in [5.74, 6) is 0.505. The molecule has 0 radical (unpaired) electrons. The van der Waals surface area contributed by atoms with Gasteiger partial charge in [-0.25, -0.2) is 18.1 Å². The molecule has 0 fully saturated rings. The summed E-state index contributed by atoms with van der Waals surface area (Å²) < 4.78 is 26.8. The lowest BCUT2D eigenvalue weighted by molar-refractivity contribution is 0.581. The molecule has 0 bridgehead atoms. The van der Waals surface area contributed by atoms with E-state index in [0.717, 1.165) is 11.3 Å². The molecule has 0 aliphatic heterocycles. The van der Waals surface area contributed by atoms with Crippen LogP contribution in [0.5, 0.6) is 0 Å². The monoisotopic (exact) mass is 292 g/mol. The largest absolute Gasteiger partial charge is 0.373 e. The fourth-order valence-electron chi connectivity index (χ4n) is 1.58. The molecule has 0 unspecified atom stereocenters. The fraction of sp³-hybridized carbons (Fsp3) is 0.231.